The van der Waals surface area contributed by atoms with Crippen LogP contribution in [0.5, 0.6) is 0 Å². The second kappa shape index (κ2) is 9.38. The Morgan fingerprint density at radius 1 is 1.25 bits per heavy atom. The van der Waals surface area contributed by atoms with Gasteiger partial charge in [0.1, 0.15) is 0 Å². The van der Waals surface area contributed by atoms with E-state index in [0.29, 0.717) is 23.7 Å². The highest BCUT2D eigenvalue weighted by Gasteiger charge is 2.30. The molecule has 1 aromatic heterocycles. The van der Waals surface area contributed by atoms with Crippen LogP contribution in [0.3, 0.4) is 0 Å². The molecule has 0 spiro atoms. The van der Waals surface area contributed by atoms with E-state index in [1.807, 2.05) is 0 Å². The van der Waals surface area contributed by atoms with E-state index in [9.17, 15) is 18.0 Å². The maximum absolute atomic E-state index is 12.8. The minimum Gasteiger partial charge on any atom is -0.338 e. The molecule has 2 aromatic rings. The van der Waals surface area contributed by atoms with Crippen LogP contribution in [0.15, 0.2) is 30.5 Å². The predicted molar refractivity (Wildman–Crippen MR) is 104 cm³/mol. The number of anilines is 1. The Kier molecular flexibility index (Phi) is 6.90. The predicted octanol–water partition coefficient (Wildman–Crippen LogP) is 4.36. The molecule has 28 heavy (non-hydrogen) atoms. The van der Waals surface area contributed by atoms with Gasteiger partial charge in [0.15, 0.2) is 5.13 Å². The molecule has 1 aromatic carbocycles. The standard InChI is InChI=1S/C19H23F3N4OS/c20-19(21,22)15-6-3-5-14(11-15)12-16-13-24-18(28-16)25-17(27)23-7-4-10-26-8-1-2-9-26/h3,5-6,11,13H,1-2,4,7-10,12H2,(H2,23,24,25,27). The van der Waals surface area contributed by atoms with Crippen molar-refractivity contribution in [2.75, 3.05) is 31.5 Å². The zero-order valence-corrected chi connectivity index (χ0v) is 16.2. The number of carbonyl (C=O) groups excluding carboxylic acids is 1. The smallest absolute Gasteiger partial charge is 0.338 e. The van der Waals surface area contributed by atoms with E-state index < -0.39 is 11.7 Å². The zero-order chi connectivity index (χ0) is 20.0. The third-order valence-electron chi connectivity index (χ3n) is 4.54. The number of hydrogen-bond acceptors (Lipinski definition) is 4. The third-order valence-corrected chi connectivity index (χ3v) is 5.45. The average molecular weight is 412 g/mol. The largest absolute Gasteiger partial charge is 0.416 e. The van der Waals surface area contributed by atoms with Crippen molar-refractivity contribution in [2.45, 2.75) is 31.9 Å². The topological polar surface area (TPSA) is 57.3 Å². The third kappa shape index (κ3) is 6.20. The number of rotatable bonds is 7. The monoisotopic (exact) mass is 412 g/mol. The van der Waals surface area contributed by atoms with Gasteiger partial charge >= 0.3 is 12.2 Å². The van der Waals surface area contributed by atoms with Gasteiger partial charge in [-0.1, -0.05) is 18.2 Å². The van der Waals surface area contributed by atoms with Gasteiger partial charge in [0.05, 0.1) is 5.56 Å². The molecule has 1 aliphatic heterocycles. The molecule has 0 unspecified atom stereocenters. The van der Waals surface area contributed by atoms with E-state index in [1.54, 1.807) is 12.3 Å². The first-order valence-corrected chi connectivity index (χ1v) is 10.1. The molecule has 1 aliphatic rings. The molecule has 3 rings (SSSR count). The minimum absolute atomic E-state index is 0.318. The van der Waals surface area contributed by atoms with Crippen molar-refractivity contribution in [1.29, 1.82) is 0 Å². The number of carbonyl (C=O) groups is 1. The summed E-state index contributed by atoms with van der Waals surface area (Å²) in [7, 11) is 0. The molecule has 0 saturated carbocycles. The molecule has 2 N–H and O–H groups in total. The lowest BCUT2D eigenvalue weighted by Gasteiger charge is -2.14. The number of thiazole rings is 1. The summed E-state index contributed by atoms with van der Waals surface area (Å²) in [4.78, 5) is 19.2. The fourth-order valence-corrected chi connectivity index (χ4v) is 4.00. The molecule has 1 saturated heterocycles. The van der Waals surface area contributed by atoms with Gasteiger partial charge in [-0.15, -0.1) is 11.3 Å². The molecule has 9 heteroatoms. The van der Waals surface area contributed by atoms with Gasteiger partial charge in [-0.05, 0) is 50.5 Å². The van der Waals surface area contributed by atoms with Crippen LogP contribution >= 0.6 is 11.3 Å². The number of alkyl halides is 3. The molecule has 152 valence electrons. The lowest BCUT2D eigenvalue weighted by atomic mass is 10.1. The number of urea groups is 1. The van der Waals surface area contributed by atoms with Crippen LogP contribution in [0.4, 0.5) is 23.1 Å². The van der Waals surface area contributed by atoms with Crippen LogP contribution in [0.25, 0.3) is 0 Å². The van der Waals surface area contributed by atoms with Crippen molar-refractivity contribution in [3.8, 4) is 0 Å². The fourth-order valence-electron chi connectivity index (χ4n) is 3.16. The Morgan fingerprint density at radius 3 is 2.79 bits per heavy atom. The van der Waals surface area contributed by atoms with E-state index in [4.69, 9.17) is 0 Å². The summed E-state index contributed by atoms with van der Waals surface area (Å²) in [6, 6.07) is 4.92. The Labute approximate surface area is 166 Å². The van der Waals surface area contributed by atoms with Crippen molar-refractivity contribution in [3.63, 3.8) is 0 Å². The van der Waals surface area contributed by atoms with Crippen LogP contribution in [0.2, 0.25) is 0 Å². The Morgan fingerprint density at radius 2 is 2.04 bits per heavy atom. The molecule has 5 nitrogen and oxygen atoms in total. The Balaban J connectivity index is 1.44. The number of hydrogen-bond donors (Lipinski definition) is 2. The summed E-state index contributed by atoms with van der Waals surface area (Å²) < 4.78 is 38.4. The average Bonchev–Trinajstić information content (AvgIpc) is 3.30. The van der Waals surface area contributed by atoms with Gasteiger partial charge in [0.25, 0.3) is 0 Å². The first kappa shape index (κ1) is 20.6. The quantitative estimate of drug-likeness (QED) is 0.665. The minimum atomic E-state index is -4.36. The summed E-state index contributed by atoms with van der Waals surface area (Å²) in [6.07, 6.45) is 0.950. The molecule has 0 radical (unpaired) electrons. The van der Waals surface area contributed by atoms with Crippen LogP contribution in [-0.2, 0) is 12.6 Å². The summed E-state index contributed by atoms with van der Waals surface area (Å²) in [5, 5.41) is 5.91. The van der Waals surface area contributed by atoms with E-state index in [2.05, 4.69) is 20.5 Å². The maximum Gasteiger partial charge on any atom is 0.416 e. The van der Waals surface area contributed by atoms with Crippen LogP contribution in [0.1, 0.15) is 35.3 Å². The van der Waals surface area contributed by atoms with Crippen molar-refractivity contribution in [1.82, 2.24) is 15.2 Å². The molecule has 0 atom stereocenters. The summed E-state index contributed by atoms with van der Waals surface area (Å²) >= 11 is 1.26. The highest BCUT2D eigenvalue weighted by molar-refractivity contribution is 7.15. The van der Waals surface area contributed by atoms with Gasteiger partial charge in [-0.25, -0.2) is 9.78 Å². The Hall–Kier alpha value is -2.13. The summed E-state index contributed by atoms with van der Waals surface area (Å²) in [5.74, 6) is 0. The van der Waals surface area contributed by atoms with Crippen molar-refractivity contribution in [2.24, 2.45) is 0 Å². The van der Waals surface area contributed by atoms with E-state index >= 15 is 0 Å². The first-order valence-electron chi connectivity index (χ1n) is 9.28. The number of amides is 2. The lowest BCUT2D eigenvalue weighted by Crippen LogP contribution is -2.31. The number of nitrogens with one attached hydrogen (secondary N) is 2. The van der Waals surface area contributed by atoms with Crippen molar-refractivity contribution >= 4 is 22.5 Å². The SMILES string of the molecule is O=C(NCCCN1CCCC1)Nc1ncc(Cc2cccc(C(F)(F)F)c2)s1. The van der Waals surface area contributed by atoms with Crippen LogP contribution in [0, 0.1) is 0 Å². The van der Waals surface area contributed by atoms with E-state index in [0.717, 1.165) is 43.1 Å². The lowest BCUT2D eigenvalue weighted by molar-refractivity contribution is -0.137. The highest BCUT2D eigenvalue weighted by Crippen LogP contribution is 2.30. The van der Waals surface area contributed by atoms with Crippen molar-refractivity contribution in [3.05, 3.63) is 46.5 Å². The van der Waals surface area contributed by atoms with E-state index in [-0.39, 0.29) is 6.03 Å². The maximum atomic E-state index is 12.8. The van der Waals surface area contributed by atoms with Crippen molar-refractivity contribution < 1.29 is 18.0 Å². The van der Waals surface area contributed by atoms with Gasteiger partial charge in [0.2, 0.25) is 0 Å². The second-order valence-corrected chi connectivity index (χ2v) is 7.91. The normalized spacial score (nSPS) is 15.0. The number of nitrogens with zero attached hydrogens (tertiary/aromatic N) is 2. The molecule has 0 bridgehead atoms. The Bertz CT molecular complexity index is 787. The van der Waals surface area contributed by atoms with Crippen LogP contribution in [-0.4, -0.2) is 42.1 Å². The second-order valence-electron chi connectivity index (χ2n) is 6.79. The van der Waals surface area contributed by atoms with Crippen LogP contribution < -0.4 is 10.6 Å². The first-order chi connectivity index (χ1) is 13.4. The number of halogens is 3. The highest BCUT2D eigenvalue weighted by atomic mass is 32.1. The summed E-state index contributed by atoms with van der Waals surface area (Å²) in [5.41, 5.74) is -0.113. The van der Waals surface area contributed by atoms with E-state index in [1.165, 1.54) is 30.2 Å². The molecular weight excluding hydrogens is 389 g/mol. The summed E-state index contributed by atoms with van der Waals surface area (Å²) in [6.45, 7) is 3.85. The fraction of sp³-hybridized carbons (Fsp3) is 0.474. The molecule has 1 fully saturated rings. The van der Waals surface area contributed by atoms with Gasteiger partial charge in [0, 0.05) is 24.0 Å². The number of likely N-dealkylation sites (tertiary alicyclic amines) is 1. The molecular formula is C19H23F3N4OS. The van der Waals surface area contributed by atoms with Gasteiger partial charge in [-0.2, -0.15) is 13.2 Å². The molecule has 0 aliphatic carbocycles. The zero-order valence-electron chi connectivity index (χ0n) is 15.4. The molecule has 2 heterocycles. The van der Waals surface area contributed by atoms with Gasteiger partial charge < -0.3 is 10.2 Å². The van der Waals surface area contributed by atoms with Gasteiger partial charge in [-0.3, -0.25) is 5.32 Å². The number of benzene rings is 1. The number of aromatic nitrogens is 1. The molecule has 2 amide bonds.